The predicted molar refractivity (Wildman–Crippen MR) is 140 cm³/mol. The van der Waals surface area contributed by atoms with Crippen LogP contribution >= 0.6 is 0 Å². The Morgan fingerprint density at radius 1 is 0.650 bits per heavy atom. The van der Waals surface area contributed by atoms with Crippen LogP contribution in [0.5, 0.6) is 51.7 Å². The van der Waals surface area contributed by atoms with Gasteiger partial charge >= 0.3 is 0 Å². The zero-order chi connectivity index (χ0) is 28.3. The molecule has 4 aromatic rings. The van der Waals surface area contributed by atoms with Crippen LogP contribution < -0.4 is 9.47 Å². The molecule has 0 unspecified atom stereocenters. The number of aliphatic hydroxyl groups is 1. The zero-order valence-corrected chi connectivity index (χ0v) is 20.9. The minimum Gasteiger partial charge on any atom is -0.508 e. The molecule has 10 heteroatoms. The fourth-order valence-corrected chi connectivity index (χ4v) is 5.58. The maximum Gasteiger partial charge on any atom is 0.200 e. The third-order valence-electron chi connectivity index (χ3n) is 7.51. The second kappa shape index (κ2) is 9.35. The van der Waals surface area contributed by atoms with Crippen molar-refractivity contribution in [2.24, 2.45) is 0 Å². The molecule has 0 saturated carbocycles. The normalized spacial score (nSPS) is 21.5. The molecule has 0 radical (unpaired) electrons. The summed E-state index contributed by atoms with van der Waals surface area (Å²) >= 11 is 0. The van der Waals surface area contributed by atoms with E-state index in [1.165, 1.54) is 30.3 Å². The third-order valence-corrected chi connectivity index (χ3v) is 7.51. The highest BCUT2D eigenvalue weighted by Crippen LogP contribution is 2.55. The van der Waals surface area contributed by atoms with E-state index >= 15 is 0 Å². The number of hydrogen-bond donors (Lipinski definition) is 8. The van der Waals surface area contributed by atoms with E-state index in [1.807, 2.05) is 0 Å². The molecule has 8 N–H and O–H groups in total. The number of fused-ring (bicyclic) bond motifs is 2. The van der Waals surface area contributed by atoms with Crippen molar-refractivity contribution in [3.8, 4) is 51.7 Å². The zero-order valence-electron chi connectivity index (χ0n) is 20.9. The van der Waals surface area contributed by atoms with Gasteiger partial charge in [-0.25, -0.2) is 0 Å². The Morgan fingerprint density at radius 2 is 1.32 bits per heavy atom. The van der Waals surface area contributed by atoms with Crippen molar-refractivity contribution in [2.75, 3.05) is 0 Å². The number of ether oxygens (including phenoxy) is 2. The number of phenolic OH excluding ortho intramolecular Hbond substituents is 7. The summed E-state index contributed by atoms with van der Waals surface area (Å²) in [5.41, 5.74) is 2.13. The number of rotatable bonds is 3. The lowest BCUT2D eigenvalue weighted by molar-refractivity contribution is 0.0183. The van der Waals surface area contributed by atoms with Crippen LogP contribution in [0.3, 0.4) is 0 Å². The van der Waals surface area contributed by atoms with E-state index in [0.717, 1.165) is 17.7 Å². The number of hydrogen-bond acceptors (Lipinski definition) is 10. The lowest BCUT2D eigenvalue weighted by Gasteiger charge is -2.37. The van der Waals surface area contributed by atoms with Gasteiger partial charge in [0.1, 0.15) is 40.6 Å². The van der Waals surface area contributed by atoms with Gasteiger partial charge in [0, 0.05) is 46.7 Å². The third kappa shape index (κ3) is 4.18. The fraction of sp³-hybridized carbons (Fsp3) is 0.200. The summed E-state index contributed by atoms with van der Waals surface area (Å²) in [6.07, 6.45) is -2.64. The molecule has 0 spiro atoms. The predicted octanol–water partition coefficient (Wildman–Crippen LogP) is 4.32. The van der Waals surface area contributed by atoms with E-state index in [1.54, 1.807) is 18.2 Å². The number of aliphatic hydroxyl groups excluding tert-OH is 1. The van der Waals surface area contributed by atoms with E-state index in [2.05, 4.69) is 0 Å². The molecule has 0 aliphatic carbocycles. The molecule has 206 valence electrons. The van der Waals surface area contributed by atoms with Gasteiger partial charge in [0.05, 0.1) is 6.10 Å². The summed E-state index contributed by atoms with van der Waals surface area (Å²) < 4.78 is 12.4. The van der Waals surface area contributed by atoms with E-state index in [-0.39, 0.29) is 46.3 Å². The highest BCUT2D eigenvalue weighted by Gasteiger charge is 2.40. The molecule has 40 heavy (non-hydrogen) atoms. The van der Waals surface area contributed by atoms with Gasteiger partial charge in [0.15, 0.2) is 23.4 Å². The molecule has 0 aromatic heterocycles. The van der Waals surface area contributed by atoms with Gasteiger partial charge in [-0.05, 0) is 42.3 Å². The molecular weight excluding hydrogens is 520 g/mol. The highest BCUT2D eigenvalue weighted by atomic mass is 16.5. The van der Waals surface area contributed by atoms with Gasteiger partial charge in [-0.2, -0.15) is 0 Å². The van der Waals surface area contributed by atoms with Crippen LogP contribution in [0.4, 0.5) is 0 Å². The Bertz CT molecular complexity index is 1590. The number of benzene rings is 4. The van der Waals surface area contributed by atoms with Gasteiger partial charge < -0.3 is 50.3 Å². The first-order valence-electron chi connectivity index (χ1n) is 12.6. The molecule has 0 fully saturated rings. The first kappa shape index (κ1) is 25.3. The van der Waals surface area contributed by atoms with E-state index in [0.29, 0.717) is 23.3 Å². The van der Waals surface area contributed by atoms with Crippen molar-refractivity contribution in [3.05, 3.63) is 88.5 Å². The maximum absolute atomic E-state index is 11.2. The molecule has 2 heterocycles. The van der Waals surface area contributed by atoms with Crippen LogP contribution in [0.2, 0.25) is 0 Å². The van der Waals surface area contributed by atoms with E-state index in [9.17, 15) is 40.9 Å². The summed E-state index contributed by atoms with van der Waals surface area (Å²) in [5.74, 6) is -2.47. The summed E-state index contributed by atoms with van der Waals surface area (Å²) in [4.78, 5) is 0. The van der Waals surface area contributed by atoms with Crippen LogP contribution in [-0.4, -0.2) is 47.0 Å². The largest absolute Gasteiger partial charge is 0.508 e. The Hall–Kier alpha value is -4.96. The summed E-state index contributed by atoms with van der Waals surface area (Å²) in [7, 11) is 0. The second-order valence-corrected chi connectivity index (χ2v) is 10.1. The lowest BCUT2D eigenvalue weighted by Crippen LogP contribution is -2.31. The van der Waals surface area contributed by atoms with Gasteiger partial charge in [-0.1, -0.05) is 18.2 Å². The summed E-state index contributed by atoms with van der Waals surface area (Å²) in [6, 6.07) is 14.6. The van der Waals surface area contributed by atoms with Crippen molar-refractivity contribution < 1.29 is 50.3 Å². The first-order chi connectivity index (χ1) is 19.1. The second-order valence-electron chi connectivity index (χ2n) is 10.1. The van der Waals surface area contributed by atoms with Crippen molar-refractivity contribution in [1.82, 2.24) is 0 Å². The molecule has 0 bridgehead atoms. The average Bonchev–Trinajstić information content (AvgIpc) is 2.91. The smallest absolute Gasteiger partial charge is 0.200 e. The van der Waals surface area contributed by atoms with Gasteiger partial charge in [-0.15, -0.1) is 0 Å². The Kier molecular flexibility index (Phi) is 5.92. The Labute approximate surface area is 227 Å². The van der Waals surface area contributed by atoms with Gasteiger partial charge in [-0.3, -0.25) is 0 Å². The number of phenols is 7. The maximum atomic E-state index is 11.2. The SMILES string of the molecule is Oc1ccc([C@@H]2C[C@H](c3c(O)cc(O)c4c3O[C@H](c3cc(O)c(O)c(O)c3)[C@H](O)C4)c3ccc(O)cc3O2)cc1. The summed E-state index contributed by atoms with van der Waals surface area (Å²) in [5, 5.41) is 82.6. The Morgan fingerprint density at radius 3 is 2.02 bits per heavy atom. The van der Waals surface area contributed by atoms with E-state index < -0.39 is 41.5 Å². The highest BCUT2D eigenvalue weighted by molar-refractivity contribution is 5.63. The van der Waals surface area contributed by atoms with Gasteiger partial charge in [0.25, 0.3) is 0 Å². The summed E-state index contributed by atoms with van der Waals surface area (Å²) in [6.45, 7) is 0. The minimum absolute atomic E-state index is 0.0211. The molecule has 2 aliphatic heterocycles. The van der Waals surface area contributed by atoms with Crippen molar-refractivity contribution in [1.29, 1.82) is 0 Å². The molecule has 2 aliphatic rings. The van der Waals surface area contributed by atoms with Crippen LogP contribution in [-0.2, 0) is 6.42 Å². The lowest BCUT2D eigenvalue weighted by atomic mass is 9.79. The molecular formula is C30H26O10. The van der Waals surface area contributed by atoms with Crippen LogP contribution in [0, 0.1) is 0 Å². The van der Waals surface area contributed by atoms with Crippen LogP contribution in [0.25, 0.3) is 0 Å². The molecule has 4 atom stereocenters. The van der Waals surface area contributed by atoms with Crippen molar-refractivity contribution in [2.45, 2.75) is 37.1 Å². The molecule has 4 aromatic carbocycles. The topological polar surface area (TPSA) is 180 Å². The average molecular weight is 547 g/mol. The standard InChI is InChI=1S/C30H26O10/c31-15-3-1-13(2-4-15)25-11-18(17-6-5-16(32)9-26(17)39-25)27-21(34)12-20(33)19-10-24(37)29(40-30(19)27)14-7-22(35)28(38)23(36)8-14/h1-9,12,18,24-25,29,31-38H,10-11H2/t18-,24+,25-,29+/m0/s1. The quantitative estimate of drug-likeness (QED) is 0.172. The fourth-order valence-electron chi connectivity index (χ4n) is 5.58. The minimum atomic E-state index is -1.21. The number of aromatic hydroxyl groups is 7. The molecule has 6 rings (SSSR count). The molecule has 0 saturated heterocycles. The van der Waals surface area contributed by atoms with Crippen LogP contribution in [0.15, 0.2) is 60.7 Å². The monoisotopic (exact) mass is 546 g/mol. The molecule has 0 amide bonds. The first-order valence-corrected chi connectivity index (χ1v) is 12.6. The Balaban J connectivity index is 1.49. The van der Waals surface area contributed by atoms with Gasteiger partial charge in [0.2, 0.25) is 0 Å². The van der Waals surface area contributed by atoms with Crippen LogP contribution in [0.1, 0.15) is 52.4 Å². The molecule has 10 nitrogen and oxygen atoms in total. The van der Waals surface area contributed by atoms with E-state index in [4.69, 9.17) is 9.47 Å². The van der Waals surface area contributed by atoms with Crippen molar-refractivity contribution in [3.63, 3.8) is 0 Å². The van der Waals surface area contributed by atoms with Crippen molar-refractivity contribution >= 4 is 0 Å².